The Morgan fingerprint density at radius 1 is 1.39 bits per heavy atom. The van der Waals surface area contributed by atoms with Crippen LogP contribution in [0.3, 0.4) is 0 Å². The number of likely N-dealkylation sites (N-methyl/N-ethyl adjacent to an activating group) is 1. The van der Waals surface area contributed by atoms with Gasteiger partial charge in [-0.1, -0.05) is 12.1 Å². The van der Waals surface area contributed by atoms with Gasteiger partial charge in [0.25, 0.3) is 0 Å². The quantitative estimate of drug-likeness (QED) is 0.829. The smallest absolute Gasteiger partial charge is 0.229 e. The fourth-order valence-electron chi connectivity index (χ4n) is 2.56. The van der Waals surface area contributed by atoms with Gasteiger partial charge in [0.15, 0.2) is 5.82 Å². The standard InChI is InChI=1S/C13H22N4O/c1-2-17(8-11-4-3-7-14-11)9-12-15-13(18-16-12)10-5-6-10/h10-11,14H,2-9H2,1H3. The van der Waals surface area contributed by atoms with Crippen LogP contribution in [-0.4, -0.2) is 40.7 Å². The molecule has 1 saturated carbocycles. The lowest BCUT2D eigenvalue weighted by molar-refractivity contribution is 0.243. The van der Waals surface area contributed by atoms with Gasteiger partial charge in [0.1, 0.15) is 0 Å². The van der Waals surface area contributed by atoms with Crippen molar-refractivity contribution in [2.45, 2.75) is 51.1 Å². The summed E-state index contributed by atoms with van der Waals surface area (Å²) in [5.41, 5.74) is 0. The zero-order chi connectivity index (χ0) is 12.4. The Balaban J connectivity index is 1.54. The minimum Gasteiger partial charge on any atom is -0.339 e. The van der Waals surface area contributed by atoms with Crippen LogP contribution in [0.5, 0.6) is 0 Å². The number of nitrogens with zero attached hydrogens (tertiary/aromatic N) is 3. The van der Waals surface area contributed by atoms with Crippen molar-refractivity contribution in [3.8, 4) is 0 Å². The zero-order valence-corrected chi connectivity index (χ0v) is 11.1. The minimum absolute atomic E-state index is 0.554. The van der Waals surface area contributed by atoms with Crippen LogP contribution < -0.4 is 5.32 Å². The molecule has 1 atom stereocenters. The highest BCUT2D eigenvalue weighted by molar-refractivity contribution is 5.01. The van der Waals surface area contributed by atoms with Gasteiger partial charge in [-0.15, -0.1) is 0 Å². The topological polar surface area (TPSA) is 54.2 Å². The lowest BCUT2D eigenvalue weighted by atomic mass is 10.2. The lowest BCUT2D eigenvalue weighted by Gasteiger charge is -2.22. The minimum atomic E-state index is 0.554. The van der Waals surface area contributed by atoms with Crippen molar-refractivity contribution in [2.24, 2.45) is 0 Å². The second kappa shape index (κ2) is 5.36. The lowest BCUT2D eigenvalue weighted by Crippen LogP contribution is -2.37. The molecule has 0 amide bonds. The van der Waals surface area contributed by atoms with Gasteiger partial charge in [0, 0.05) is 18.5 Å². The molecular formula is C13H22N4O. The molecule has 1 N–H and O–H groups in total. The van der Waals surface area contributed by atoms with E-state index in [0.717, 1.165) is 37.9 Å². The SMILES string of the molecule is CCN(Cc1noc(C2CC2)n1)CC1CCCN1. The molecule has 5 heteroatoms. The summed E-state index contributed by atoms with van der Waals surface area (Å²) in [6.45, 7) is 6.28. The van der Waals surface area contributed by atoms with Crippen molar-refractivity contribution < 1.29 is 4.52 Å². The predicted molar refractivity (Wildman–Crippen MR) is 68.2 cm³/mol. The summed E-state index contributed by atoms with van der Waals surface area (Å²) in [6.07, 6.45) is 5.02. The van der Waals surface area contributed by atoms with Crippen LogP contribution in [-0.2, 0) is 6.54 Å². The van der Waals surface area contributed by atoms with Crippen LogP contribution >= 0.6 is 0 Å². The van der Waals surface area contributed by atoms with Gasteiger partial charge in [-0.25, -0.2) is 0 Å². The van der Waals surface area contributed by atoms with Gasteiger partial charge in [-0.05, 0) is 38.8 Å². The van der Waals surface area contributed by atoms with E-state index in [1.54, 1.807) is 0 Å². The maximum atomic E-state index is 5.30. The zero-order valence-electron chi connectivity index (χ0n) is 11.1. The molecule has 18 heavy (non-hydrogen) atoms. The fraction of sp³-hybridized carbons (Fsp3) is 0.846. The molecule has 1 aliphatic carbocycles. The molecule has 2 fully saturated rings. The van der Waals surface area contributed by atoms with E-state index in [1.165, 1.54) is 25.7 Å². The number of hydrogen-bond donors (Lipinski definition) is 1. The first-order chi connectivity index (χ1) is 8.85. The number of rotatable bonds is 6. The molecule has 3 rings (SSSR count). The van der Waals surface area contributed by atoms with E-state index in [1.807, 2.05) is 0 Å². The molecule has 100 valence electrons. The largest absolute Gasteiger partial charge is 0.339 e. The highest BCUT2D eigenvalue weighted by Crippen LogP contribution is 2.38. The average Bonchev–Trinajstić information content (AvgIpc) is 2.91. The Kier molecular flexibility index (Phi) is 3.61. The predicted octanol–water partition coefficient (Wildman–Crippen LogP) is 1.52. The first-order valence-electron chi connectivity index (χ1n) is 7.13. The molecule has 1 unspecified atom stereocenters. The van der Waals surface area contributed by atoms with Crippen molar-refractivity contribution in [1.29, 1.82) is 0 Å². The number of hydrogen-bond acceptors (Lipinski definition) is 5. The summed E-state index contributed by atoms with van der Waals surface area (Å²) >= 11 is 0. The third kappa shape index (κ3) is 2.90. The highest BCUT2D eigenvalue weighted by Gasteiger charge is 2.29. The normalized spacial score (nSPS) is 24.0. The molecule has 0 radical (unpaired) electrons. The highest BCUT2D eigenvalue weighted by atomic mass is 16.5. The summed E-state index contributed by atoms with van der Waals surface area (Å²) in [5.74, 6) is 2.25. The molecule has 1 aliphatic heterocycles. The number of nitrogens with one attached hydrogen (secondary N) is 1. The van der Waals surface area contributed by atoms with Gasteiger partial charge in [-0.3, -0.25) is 4.90 Å². The first kappa shape index (κ1) is 12.1. The van der Waals surface area contributed by atoms with Gasteiger partial charge >= 0.3 is 0 Å². The second-order valence-corrected chi connectivity index (χ2v) is 5.44. The molecule has 1 aromatic heterocycles. The fourth-order valence-corrected chi connectivity index (χ4v) is 2.56. The van der Waals surface area contributed by atoms with E-state index < -0.39 is 0 Å². The summed E-state index contributed by atoms with van der Waals surface area (Å²) in [4.78, 5) is 6.89. The molecule has 1 aromatic rings. The molecule has 0 spiro atoms. The van der Waals surface area contributed by atoms with Crippen LogP contribution in [0.2, 0.25) is 0 Å². The molecule has 0 aromatic carbocycles. The van der Waals surface area contributed by atoms with Crippen LogP contribution in [0.15, 0.2) is 4.52 Å². The van der Waals surface area contributed by atoms with E-state index in [4.69, 9.17) is 4.52 Å². The summed E-state index contributed by atoms with van der Waals surface area (Å²) in [6, 6.07) is 0.639. The first-order valence-corrected chi connectivity index (χ1v) is 7.13. The Hall–Kier alpha value is -0.940. The van der Waals surface area contributed by atoms with Crippen LogP contribution in [0.4, 0.5) is 0 Å². The molecule has 2 heterocycles. The van der Waals surface area contributed by atoms with Crippen LogP contribution in [0, 0.1) is 0 Å². The summed E-state index contributed by atoms with van der Waals surface area (Å²) in [7, 11) is 0. The molecular weight excluding hydrogens is 228 g/mol. The average molecular weight is 250 g/mol. The third-order valence-electron chi connectivity index (χ3n) is 3.86. The van der Waals surface area contributed by atoms with Crippen molar-refractivity contribution in [3.63, 3.8) is 0 Å². The molecule has 5 nitrogen and oxygen atoms in total. The van der Waals surface area contributed by atoms with Gasteiger partial charge in [0.2, 0.25) is 5.89 Å². The maximum Gasteiger partial charge on any atom is 0.229 e. The van der Waals surface area contributed by atoms with Crippen molar-refractivity contribution >= 4 is 0 Å². The Bertz CT molecular complexity index is 382. The van der Waals surface area contributed by atoms with Crippen molar-refractivity contribution in [3.05, 3.63) is 11.7 Å². The molecule has 0 bridgehead atoms. The Morgan fingerprint density at radius 2 is 2.28 bits per heavy atom. The van der Waals surface area contributed by atoms with Crippen molar-refractivity contribution in [2.75, 3.05) is 19.6 Å². The monoisotopic (exact) mass is 250 g/mol. The maximum absolute atomic E-state index is 5.30. The Morgan fingerprint density at radius 3 is 2.94 bits per heavy atom. The van der Waals surface area contributed by atoms with E-state index in [2.05, 4.69) is 27.3 Å². The van der Waals surface area contributed by atoms with Gasteiger partial charge in [0.05, 0.1) is 6.54 Å². The summed E-state index contributed by atoms with van der Waals surface area (Å²) in [5, 5.41) is 7.63. The van der Waals surface area contributed by atoms with Gasteiger partial charge < -0.3 is 9.84 Å². The number of aromatic nitrogens is 2. The van der Waals surface area contributed by atoms with E-state index in [9.17, 15) is 0 Å². The molecule has 2 aliphatic rings. The van der Waals surface area contributed by atoms with Crippen molar-refractivity contribution in [1.82, 2.24) is 20.4 Å². The van der Waals surface area contributed by atoms with E-state index in [0.29, 0.717) is 12.0 Å². The van der Waals surface area contributed by atoms with E-state index in [-0.39, 0.29) is 0 Å². The summed E-state index contributed by atoms with van der Waals surface area (Å²) < 4.78 is 5.30. The van der Waals surface area contributed by atoms with Crippen LogP contribution in [0.25, 0.3) is 0 Å². The van der Waals surface area contributed by atoms with E-state index >= 15 is 0 Å². The molecule has 1 saturated heterocycles. The van der Waals surface area contributed by atoms with Gasteiger partial charge in [-0.2, -0.15) is 4.98 Å². The Labute approximate surface area is 108 Å². The third-order valence-corrected chi connectivity index (χ3v) is 3.86. The second-order valence-electron chi connectivity index (χ2n) is 5.44. The van der Waals surface area contributed by atoms with Crippen LogP contribution in [0.1, 0.15) is 50.2 Å².